The van der Waals surface area contributed by atoms with Crippen LogP contribution in [0.2, 0.25) is 0 Å². The predicted octanol–water partition coefficient (Wildman–Crippen LogP) is 4.35. The number of nitrogens with zero attached hydrogens (tertiary/aromatic N) is 2. The molecule has 2 rings (SSSR count). The predicted molar refractivity (Wildman–Crippen MR) is 84.1 cm³/mol. The molecule has 0 radical (unpaired) electrons. The van der Waals surface area contributed by atoms with Gasteiger partial charge in [-0.2, -0.15) is 0 Å². The van der Waals surface area contributed by atoms with E-state index in [4.69, 9.17) is 5.73 Å². The summed E-state index contributed by atoms with van der Waals surface area (Å²) in [6, 6.07) is 4.54. The van der Waals surface area contributed by atoms with Gasteiger partial charge in [0, 0.05) is 22.0 Å². The summed E-state index contributed by atoms with van der Waals surface area (Å²) in [6.45, 7) is 8.32. The van der Waals surface area contributed by atoms with Gasteiger partial charge in [0.1, 0.15) is 23.2 Å². The first kappa shape index (κ1) is 15.0. The molecule has 0 aliphatic heterocycles. The SMILES string of the molecule is CCc1nc(-c2ccc(F)cc2Br)c(N)n1C(C)(C)C. The van der Waals surface area contributed by atoms with Crippen LogP contribution in [0.25, 0.3) is 11.3 Å². The molecular weight excluding hydrogens is 321 g/mol. The molecule has 2 N–H and O–H groups in total. The van der Waals surface area contributed by atoms with Crippen LogP contribution in [0, 0.1) is 5.82 Å². The average molecular weight is 340 g/mol. The Labute approximate surface area is 127 Å². The summed E-state index contributed by atoms with van der Waals surface area (Å²) in [7, 11) is 0. The molecule has 0 bridgehead atoms. The number of rotatable bonds is 2. The zero-order valence-electron chi connectivity index (χ0n) is 12.2. The number of benzene rings is 1. The highest BCUT2D eigenvalue weighted by Crippen LogP contribution is 2.35. The smallest absolute Gasteiger partial charge is 0.132 e. The van der Waals surface area contributed by atoms with Crippen molar-refractivity contribution < 1.29 is 4.39 Å². The third-order valence-corrected chi connectivity index (χ3v) is 3.81. The first-order chi connectivity index (χ1) is 9.25. The molecule has 1 aromatic carbocycles. The van der Waals surface area contributed by atoms with Crippen LogP contribution >= 0.6 is 15.9 Å². The largest absolute Gasteiger partial charge is 0.383 e. The van der Waals surface area contributed by atoms with Crippen molar-refractivity contribution in [1.82, 2.24) is 9.55 Å². The Bertz CT molecular complexity index is 641. The summed E-state index contributed by atoms with van der Waals surface area (Å²) < 4.78 is 15.9. The van der Waals surface area contributed by atoms with Gasteiger partial charge < -0.3 is 10.3 Å². The maximum Gasteiger partial charge on any atom is 0.132 e. The molecule has 5 heteroatoms. The summed E-state index contributed by atoms with van der Waals surface area (Å²) in [5.41, 5.74) is 7.65. The van der Waals surface area contributed by atoms with Gasteiger partial charge in [0.05, 0.1) is 0 Å². The molecule has 0 fully saturated rings. The van der Waals surface area contributed by atoms with Gasteiger partial charge >= 0.3 is 0 Å². The van der Waals surface area contributed by atoms with Crippen molar-refractivity contribution in [3.8, 4) is 11.3 Å². The second-order valence-corrected chi connectivity index (χ2v) is 6.60. The molecule has 0 unspecified atom stereocenters. The molecule has 0 spiro atoms. The molecule has 20 heavy (non-hydrogen) atoms. The van der Waals surface area contributed by atoms with Gasteiger partial charge in [-0.25, -0.2) is 9.37 Å². The van der Waals surface area contributed by atoms with Crippen molar-refractivity contribution in [3.05, 3.63) is 34.3 Å². The number of aryl methyl sites for hydroxylation is 1. The second-order valence-electron chi connectivity index (χ2n) is 5.75. The second kappa shape index (κ2) is 5.20. The summed E-state index contributed by atoms with van der Waals surface area (Å²) in [5.74, 6) is 1.26. The van der Waals surface area contributed by atoms with E-state index in [1.165, 1.54) is 12.1 Å². The van der Waals surface area contributed by atoms with Crippen LogP contribution in [0.15, 0.2) is 22.7 Å². The Balaban J connectivity index is 2.67. The van der Waals surface area contributed by atoms with Gasteiger partial charge in [0.2, 0.25) is 0 Å². The van der Waals surface area contributed by atoms with Gasteiger partial charge in [-0.3, -0.25) is 0 Å². The van der Waals surface area contributed by atoms with E-state index in [0.717, 1.165) is 17.8 Å². The molecule has 0 saturated heterocycles. The quantitative estimate of drug-likeness (QED) is 0.883. The Morgan fingerprint density at radius 1 is 1.35 bits per heavy atom. The standard InChI is InChI=1S/C15H19BrFN3/c1-5-12-19-13(14(18)20(12)15(2,3)4)10-7-6-9(17)8-11(10)16/h6-8H,5,18H2,1-4H3. The van der Waals surface area contributed by atoms with Gasteiger partial charge in [-0.1, -0.05) is 6.92 Å². The normalized spacial score (nSPS) is 11.9. The summed E-state index contributed by atoms with van der Waals surface area (Å²) >= 11 is 3.38. The van der Waals surface area contributed by atoms with Crippen LogP contribution < -0.4 is 5.73 Å². The lowest BCUT2D eigenvalue weighted by molar-refractivity contribution is 0.389. The van der Waals surface area contributed by atoms with E-state index >= 15 is 0 Å². The van der Waals surface area contributed by atoms with Crippen LogP contribution in [0.3, 0.4) is 0 Å². The van der Waals surface area contributed by atoms with Crippen LogP contribution in [-0.2, 0) is 12.0 Å². The molecule has 0 amide bonds. The summed E-state index contributed by atoms with van der Waals surface area (Å²) in [6.07, 6.45) is 0.792. The number of hydrogen-bond donors (Lipinski definition) is 1. The fraction of sp³-hybridized carbons (Fsp3) is 0.400. The number of nitrogen functional groups attached to an aromatic ring is 1. The fourth-order valence-corrected chi connectivity index (χ4v) is 2.89. The van der Waals surface area contributed by atoms with Gasteiger partial charge in [0.25, 0.3) is 0 Å². The zero-order valence-corrected chi connectivity index (χ0v) is 13.8. The maximum absolute atomic E-state index is 13.2. The molecule has 108 valence electrons. The Morgan fingerprint density at radius 3 is 2.45 bits per heavy atom. The number of hydrogen-bond acceptors (Lipinski definition) is 2. The minimum absolute atomic E-state index is 0.146. The lowest BCUT2D eigenvalue weighted by Gasteiger charge is -2.24. The molecular formula is C15H19BrFN3. The minimum atomic E-state index is -0.287. The average Bonchev–Trinajstić information content (AvgIpc) is 2.66. The van der Waals surface area contributed by atoms with Crippen LogP contribution in [-0.4, -0.2) is 9.55 Å². The molecule has 0 atom stereocenters. The van der Waals surface area contributed by atoms with Crippen LogP contribution in [0.1, 0.15) is 33.5 Å². The third kappa shape index (κ3) is 2.59. The number of imidazole rings is 1. The zero-order chi connectivity index (χ0) is 15.1. The summed E-state index contributed by atoms with van der Waals surface area (Å²) in [5, 5.41) is 0. The van der Waals surface area contributed by atoms with E-state index in [0.29, 0.717) is 16.0 Å². The Morgan fingerprint density at radius 2 is 2.00 bits per heavy atom. The molecule has 2 aromatic rings. The van der Waals surface area contributed by atoms with Crippen molar-refractivity contribution in [2.45, 2.75) is 39.7 Å². The first-order valence-electron chi connectivity index (χ1n) is 6.58. The Hall–Kier alpha value is -1.36. The minimum Gasteiger partial charge on any atom is -0.383 e. The van der Waals surface area contributed by atoms with E-state index in [2.05, 4.69) is 41.7 Å². The van der Waals surface area contributed by atoms with Gasteiger partial charge in [-0.05, 0) is 54.9 Å². The highest BCUT2D eigenvalue weighted by Gasteiger charge is 2.24. The summed E-state index contributed by atoms with van der Waals surface area (Å²) in [4.78, 5) is 4.64. The van der Waals surface area contributed by atoms with E-state index in [1.54, 1.807) is 6.07 Å². The number of halogens is 2. The number of anilines is 1. The third-order valence-electron chi connectivity index (χ3n) is 3.16. The highest BCUT2D eigenvalue weighted by atomic mass is 79.9. The van der Waals surface area contributed by atoms with Gasteiger partial charge in [0.15, 0.2) is 0 Å². The molecule has 0 saturated carbocycles. The molecule has 1 heterocycles. The van der Waals surface area contributed by atoms with E-state index < -0.39 is 0 Å². The molecule has 3 nitrogen and oxygen atoms in total. The van der Waals surface area contributed by atoms with Crippen molar-refractivity contribution in [3.63, 3.8) is 0 Å². The molecule has 0 aliphatic carbocycles. The maximum atomic E-state index is 13.2. The van der Waals surface area contributed by atoms with Crippen molar-refractivity contribution in [1.29, 1.82) is 0 Å². The van der Waals surface area contributed by atoms with E-state index in [-0.39, 0.29) is 11.4 Å². The highest BCUT2D eigenvalue weighted by molar-refractivity contribution is 9.10. The van der Waals surface area contributed by atoms with Crippen LogP contribution in [0.5, 0.6) is 0 Å². The van der Waals surface area contributed by atoms with E-state index in [9.17, 15) is 4.39 Å². The van der Waals surface area contributed by atoms with Crippen molar-refractivity contribution in [2.24, 2.45) is 0 Å². The first-order valence-corrected chi connectivity index (χ1v) is 7.38. The topological polar surface area (TPSA) is 43.8 Å². The Kier molecular flexibility index (Phi) is 3.91. The van der Waals surface area contributed by atoms with Crippen molar-refractivity contribution in [2.75, 3.05) is 5.73 Å². The van der Waals surface area contributed by atoms with Crippen molar-refractivity contribution >= 4 is 21.7 Å². The van der Waals surface area contributed by atoms with Gasteiger partial charge in [-0.15, -0.1) is 0 Å². The number of nitrogens with two attached hydrogens (primary N) is 1. The molecule has 1 aromatic heterocycles. The lowest BCUT2D eigenvalue weighted by atomic mass is 10.1. The molecule has 0 aliphatic rings. The monoisotopic (exact) mass is 339 g/mol. The van der Waals surface area contributed by atoms with E-state index in [1.807, 2.05) is 11.5 Å². The number of aromatic nitrogens is 2. The lowest BCUT2D eigenvalue weighted by Crippen LogP contribution is -2.25. The fourth-order valence-electron chi connectivity index (χ4n) is 2.35. The van der Waals surface area contributed by atoms with Crippen LogP contribution in [0.4, 0.5) is 10.2 Å².